The van der Waals surface area contributed by atoms with Crippen LogP contribution >= 0.6 is 37.2 Å². The molecule has 0 spiro atoms. The lowest BCUT2D eigenvalue weighted by molar-refractivity contribution is 0.823. The molecular formula is C2H14Cl3N5O2. The molecule has 0 amide bonds. The third-order valence-corrected chi connectivity index (χ3v) is 0.269. The molecule has 0 unspecified atom stereocenters. The average molecular weight is 247 g/mol. The third kappa shape index (κ3) is 55.6. The monoisotopic (exact) mass is 245 g/mol. The molecule has 0 aromatic rings. The summed E-state index contributed by atoms with van der Waals surface area (Å²) in [5.41, 5.74) is 9.49. The molecule has 80 valence electrons. The van der Waals surface area contributed by atoms with Gasteiger partial charge in [-0.3, -0.25) is 16.1 Å². The van der Waals surface area contributed by atoms with E-state index in [1.54, 1.807) is 0 Å². The minimum Gasteiger partial charge on any atom is -0.412 e. The Hall–Kier alpha value is -0.470. The smallest absolute Gasteiger partial charge is 0.192 e. The van der Waals surface area contributed by atoms with Crippen molar-refractivity contribution < 1.29 is 11.0 Å². The number of hydrogen-bond donors (Lipinski definition) is 5. The number of hydrogen-bond acceptors (Lipinski definition) is 2. The van der Waals surface area contributed by atoms with Crippen LogP contribution in [-0.2, 0) is 0 Å². The maximum Gasteiger partial charge on any atom is 0.192 e. The molecular weight excluding hydrogens is 232 g/mol. The lowest BCUT2D eigenvalue weighted by Gasteiger charge is -1.95. The van der Waals surface area contributed by atoms with E-state index in [9.17, 15) is 0 Å². The van der Waals surface area contributed by atoms with Crippen LogP contribution in [-0.4, -0.2) is 22.9 Å². The average Bonchev–Trinajstić information content (AvgIpc) is 1.27. The standard InChI is InChI=1S/C2H7N5.3ClH.2H2O/c3-1(4)7-2(5)6;;;;;/h(H7,3,4,5,6,7);3*1H;2*1H2. The summed E-state index contributed by atoms with van der Waals surface area (Å²) in [6, 6.07) is 0. The molecule has 12 heavy (non-hydrogen) atoms. The van der Waals surface area contributed by atoms with E-state index in [1.807, 2.05) is 5.32 Å². The molecule has 0 atom stereocenters. The number of nitrogens with one attached hydrogen (secondary N) is 3. The summed E-state index contributed by atoms with van der Waals surface area (Å²) < 4.78 is 0. The predicted octanol–water partition coefficient (Wildman–Crippen LogP) is -2.02. The molecule has 0 heterocycles. The zero-order valence-corrected chi connectivity index (χ0v) is 8.33. The van der Waals surface area contributed by atoms with E-state index in [4.69, 9.17) is 22.3 Å². The topological polar surface area (TPSA) is 175 Å². The molecule has 0 bridgehead atoms. The van der Waals surface area contributed by atoms with Gasteiger partial charge in [0.15, 0.2) is 11.9 Å². The van der Waals surface area contributed by atoms with Gasteiger partial charge >= 0.3 is 0 Å². The van der Waals surface area contributed by atoms with Crippen molar-refractivity contribution in [1.29, 1.82) is 10.8 Å². The first-order valence-corrected chi connectivity index (χ1v) is 1.58. The number of halogens is 3. The van der Waals surface area contributed by atoms with Crippen molar-refractivity contribution in [3.8, 4) is 0 Å². The van der Waals surface area contributed by atoms with Gasteiger partial charge in [0.25, 0.3) is 0 Å². The highest BCUT2D eigenvalue weighted by Crippen LogP contribution is 1.44. The highest BCUT2D eigenvalue weighted by atomic mass is 35.5. The molecule has 0 saturated carbocycles. The van der Waals surface area contributed by atoms with Crippen LogP contribution in [0.5, 0.6) is 0 Å². The van der Waals surface area contributed by atoms with Gasteiger partial charge in [-0.25, -0.2) is 0 Å². The Kier molecular flexibility index (Phi) is 78.1. The number of rotatable bonds is 0. The molecule has 0 aliphatic rings. The van der Waals surface area contributed by atoms with Crippen molar-refractivity contribution in [3.05, 3.63) is 0 Å². The van der Waals surface area contributed by atoms with Crippen molar-refractivity contribution in [2.24, 2.45) is 11.5 Å². The summed E-state index contributed by atoms with van der Waals surface area (Å²) in [5, 5.41) is 15.0. The van der Waals surface area contributed by atoms with E-state index in [2.05, 4.69) is 0 Å². The molecule has 0 aliphatic heterocycles. The summed E-state index contributed by atoms with van der Waals surface area (Å²) in [6.07, 6.45) is 0. The molecule has 11 N–H and O–H groups in total. The van der Waals surface area contributed by atoms with E-state index in [-0.39, 0.29) is 60.1 Å². The zero-order valence-electron chi connectivity index (χ0n) is 5.88. The Bertz CT molecular complexity index is 98.9. The number of nitrogens with two attached hydrogens (primary N) is 2. The normalized spacial score (nSPS) is 4.33. The van der Waals surface area contributed by atoms with Gasteiger partial charge in [-0.15, -0.1) is 37.2 Å². The summed E-state index contributed by atoms with van der Waals surface area (Å²) in [5.74, 6) is -0.625. The van der Waals surface area contributed by atoms with Gasteiger partial charge < -0.3 is 22.4 Å². The summed E-state index contributed by atoms with van der Waals surface area (Å²) in [4.78, 5) is 0. The Morgan fingerprint density at radius 1 is 0.833 bits per heavy atom. The second-order valence-electron chi connectivity index (χ2n) is 0.952. The van der Waals surface area contributed by atoms with Crippen molar-refractivity contribution in [3.63, 3.8) is 0 Å². The van der Waals surface area contributed by atoms with E-state index in [0.29, 0.717) is 0 Å². The van der Waals surface area contributed by atoms with Crippen LogP contribution < -0.4 is 16.8 Å². The lowest BCUT2D eigenvalue weighted by Crippen LogP contribution is -2.39. The van der Waals surface area contributed by atoms with E-state index in [1.165, 1.54) is 0 Å². The highest BCUT2D eigenvalue weighted by Gasteiger charge is 1.83. The Balaban J connectivity index is -0.0000000180. The molecule has 0 fully saturated rings. The van der Waals surface area contributed by atoms with Gasteiger partial charge in [0.2, 0.25) is 0 Å². The molecule has 0 aliphatic carbocycles. The minimum atomic E-state index is -0.312. The van der Waals surface area contributed by atoms with Crippen molar-refractivity contribution >= 4 is 49.1 Å². The van der Waals surface area contributed by atoms with Crippen LogP contribution in [0.4, 0.5) is 0 Å². The van der Waals surface area contributed by atoms with Gasteiger partial charge in [0.1, 0.15) is 0 Å². The first-order chi connectivity index (χ1) is 3.13. The van der Waals surface area contributed by atoms with Gasteiger partial charge in [-0.1, -0.05) is 0 Å². The summed E-state index contributed by atoms with van der Waals surface area (Å²) >= 11 is 0. The Morgan fingerprint density at radius 3 is 1.00 bits per heavy atom. The molecule has 10 heteroatoms. The van der Waals surface area contributed by atoms with Gasteiger partial charge in [0, 0.05) is 0 Å². The van der Waals surface area contributed by atoms with E-state index >= 15 is 0 Å². The second kappa shape index (κ2) is 22.4. The van der Waals surface area contributed by atoms with Gasteiger partial charge in [0.05, 0.1) is 0 Å². The molecule has 0 saturated heterocycles. The fourth-order valence-electron chi connectivity index (χ4n) is 0.145. The molecule has 7 nitrogen and oxygen atoms in total. The van der Waals surface area contributed by atoms with Crippen LogP contribution in [0.15, 0.2) is 0 Å². The van der Waals surface area contributed by atoms with Crippen LogP contribution in [0, 0.1) is 10.8 Å². The van der Waals surface area contributed by atoms with Gasteiger partial charge in [-0.05, 0) is 0 Å². The van der Waals surface area contributed by atoms with Crippen LogP contribution in [0.2, 0.25) is 0 Å². The maximum absolute atomic E-state index is 6.47. The van der Waals surface area contributed by atoms with Gasteiger partial charge in [-0.2, -0.15) is 0 Å². The SMILES string of the molecule is Cl.Cl.Cl.N=C(N)NC(=N)N.O.O. The summed E-state index contributed by atoms with van der Waals surface area (Å²) in [6.45, 7) is 0. The van der Waals surface area contributed by atoms with Crippen LogP contribution in [0.25, 0.3) is 0 Å². The lowest BCUT2D eigenvalue weighted by atomic mass is 10.9. The molecule has 0 aromatic heterocycles. The van der Waals surface area contributed by atoms with Crippen LogP contribution in [0.1, 0.15) is 0 Å². The van der Waals surface area contributed by atoms with Crippen LogP contribution in [0.3, 0.4) is 0 Å². The first kappa shape index (κ1) is 41.8. The zero-order chi connectivity index (χ0) is 5.86. The minimum absolute atomic E-state index is 0. The third-order valence-electron chi connectivity index (χ3n) is 0.269. The largest absolute Gasteiger partial charge is 0.412 e. The fourth-order valence-corrected chi connectivity index (χ4v) is 0.145. The molecule has 0 radical (unpaired) electrons. The summed E-state index contributed by atoms with van der Waals surface area (Å²) in [7, 11) is 0. The van der Waals surface area contributed by atoms with Crippen molar-refractivity contribution in [1.82, 2.24) is 5.32 Å². The Morgan fingerprint density at radius 2 is 1.00 bits per heavy atom. The maximum atomic E-state index is 6.47. The quantitative estimate of drug-likeness (QED) is 0.245. The fraction of sp³-hybridized carbons (Fsp3) is 0. The number of guanidine groups is 2. The first-order valence-electron chi connectivity index (χ1n) is 1.58. The molecule has 0 rings (SSSR count). The van der Waals surface area contributed by atoms with E-state index in [0.717, 1.165) is 0 Å². The second-order valence-corrected chi connectivity index (χ2v) is 0.952. The van der Waals surface area contributed by atoms with Crippen molar-refractivity contribution in [2.45, 2.75) is 0 Å². The predicted molar refractivity (Wildman–Crippen MR) is 55.9 cm³/mol. The Labute approximate surface area is 88.1 Å². The van der Waals surface area contributed by atoms with Crippen molar-refractivity contribution in [2.75, 3.05) is 0 Å². The van der Waals surface area contributed by atoms with E-state index < -0.39 is 0 Å². The molecule has 0 aromatic carbocycles. The highest BCUT2D eigenvalue weighted by molar-refractivity contribution is 5.93.